The lowest BCUT2D eigenvalue weighted by atomic mass is 10.1. The molecule has 5 nitrogen and oxygen atoms in total. The van der Waals surface area contributed by atoms with Crippen molar-refractivity contribution in [2.45, 2.75) is 0 Å². The van der Waals surface area contributed by atoms with Gasteiger partial charge in [-0.15, -0.1) is 0 Å². The Bertz CT molecular complexity index is 1010. The Morgan fingerprint density at radius 3 is 1.93 bits per heavy atom. The molecule has 0 saturated carbocycles. The van der Waals surface area contributed by atoms with Crippen LogP contribution in [0.3, 0.4) is 0 Å². The number of rotatable bonds is 6. The molecule has 0 aliphatic rings. The van der Waals surface area contributed by atoms with Gasteiger partial charge in [-0.25, -0.2) is 9.18 Å². The van der Waals surface area contributed by atoms with Gasteiger partial charge in [-0.05, 0) is 72.3 Å². The molecule has 0 unspecified atom stereocenters. The third-order valence-electron chi connectivity index (χ3n) is 4.07. The summed E-state index contributed by atoms with van der Waals surface area (Å²) in [5.41, 5.74) is 2.38. The molecule has 0 fully saturated rings. The minimum Gasteiger partial charge on any atom is -0.497 e. The summed E-state index contributed by atoms with van der Waals surface area (Å²) in [4.78, 5) is 24.3. The highest BCUT2D eigenvalue weighted by Crippen LogP contribution is 2.16. The molecule has 146 valence electrons. The molecule has 2 amide bonds. The number of anilines is 2. The molecule has 0 aliphatic carbocycles. The molecule has 0 bridgehead atoms. The summed E-state index contributed by atoms with van der Waals surface area (Å²) in [6, 6.07) is 18.9. The van der Waals surface area contributed by atoms with Gasteiger partial charge in [-0.2, -0.15) is 0 Å². The van der Waals surface area contributed by atoms with Crippen molar-refractivity contribution >= 4 is 29.3 Å². The summed E-state index contributed by atoms with van der Waals surface area (Å²) < 4.78 is 18.0. The maximum absolute atomic E-state index is 12.9. The molecule has 0 atom stereocenters. The lowest BCUT2D eigenvalue weighted by Crippen LogP contribution is -2.19. The number of ether oxygens (including phenoxy) is 1. The Labute approximate surface area is 167 Å². The van der Waals surface area contributed by atoms with E-state index in [1.807, 2.05) is 0 Å². The summed E-state index contributed by atoms with van der Waals surface area (Å²) in [6.45, 7) is 0. The monoisotopic (exact) mass is 390 g/mol. The average molecular weight is 390 g/mol. The van der Waals surface area contributed by atoms with Crippen LogP contribution < -0.4 is 15.4 Å². The van der Waals surface area contributed by atoms with Crippen molar-refractivity contribution in [2.24, 2.45) is 0 Å². The van der Waals surface area contributed by atoms with Gasteiger partial charge < -0.3 is 15.4 Å². The van der Waals surface area contributed by atoms with Crippen LogP contribution in [0.25, 0.3) is 6.08 Å². The zero-order valence-electron chi connectivity index (χ0n) is 15.7. The molecular weight excluding hydrogens is 371 g/mol. The second-order valence-corrected chi connectivity index (χ2v) is 6.13. The second-order valence-electron chi connectivity index (χ2n) is 6.13. The zero-order valence-corrected chi connectivity index (χ0v) is 15.7. The number of nitrogens with one attached hydrogen (secondary N) is 2. The summed E-state index contributed by atoms with van der Waals surface area (Å²) in [5.74, 6) is 0.181. The standard InChI is InChI=1S/C23H19FN2O3/c1-29-21-13-11-20(12-14-21)26-23(28)25-19-9-5-17(6-10-19)22(27)15-4-16-2-7-18(24)8-3-16/h2-15H,1H3,(H2,25,26,28)/b15-4+. The third-order valence-corrected chi connectivity index (χ3v) is 4.07. The maximum Gasteiger partial charge on any atom is 0.323 e. The number of hydrogen-bond acceptors (Lipinski definition) is 3. The fourth-order valence-corrected chi connectivity index (χ4v) is 2.53. The van der Waals surface area contributed by atoms with E-state index in [4.69, 9.17) is 4.74 Å². The van der Waals surface area contributed by atoms with Crippen LogP contribution in [-0.2, 0) is 0 Å². The van der Waals surface area contributed by atoms with E-state index in [0.717, 1.165) is 5.56 Å². The predicted octanol–water partition coefficient (Wildman–Crippen LogP) is 5.37. The summed E-state index contributed by atoms with van der Waals surface area (Å²) in [7, 11) is 1.57. The molecule has 0 heterocycles. The Hall–Kier alpha value is -3.93. The largest absolute Gasteiger partial charge is 0.497 e. The minimum absolute atomic E-state index is 0.191. The average Bonchev–Trinajstić information content (AvgIpc) is 2.74. The van der Waals surface area contributed by atoms with E-state index in [0.29, 0.717) is 22.7 Å². The van der Waals surface area contributed by atoms with Gasteiger partial charge in [0.25, 0.3) is 0 Å². The number of hydrogen-bond donors (Lipinski definition) is 2. The molecule has 0 aromatic heterocycles. The van der Waals surface area contributed by atoms with Crippen molar-refractivity contribution in [1.82, 2.24) is 0 Å². The summed E-state index contributed by atoms with van der Waals surface area (Å²) in [6.07, 6.45) is 3.04. The normalized spacial score (nSPS) is 10.6. The number of halogens is 1. The van der Waals surface area contributed by atoms with Crippen LogP contribution in [-0.4, -0.2) is 18.9 Å². The fourth-order valence-electron chi connectivity index (χ4n) is 2.53. The molecular formula is C23H19FN2O3. The number of carbonyl (C=O) groups excluding carboxylic acids is 2. The molecule has 0 spiro atoms. The maximum atomic E-state index is 12.9. The van der Waals surface area contributed by atoms with Crippen molar-refractivity contribution in [3.63, 3.8) is 0 Å². The van der Waals surface area contributed by atoms with Crippen molar-refractivity contribution in [3.05, 3.63) is 95.8 Å². The van der Waals surface area contributed by atoms with Crippen LogP contribution in [0.2, 0.25) is 0 Å². The number of urea groups is 1. The van der Waals surface area contributed by atoms with E-state index in [2.05, 4.69) is 10.6 Å². The van der Waals surface area contributed by atoms with Crippen molar-refractivity contribution in [2.75, 3.05) is 17.7 Å². The first-order chi connectivity index (χ1) is 14.0. The molecule has 3 aromatic carbocycles. The van der Waals surface area contributed by atoms with E-state index >= 15 is 0 Å². The first-order valence-corrected chi connectivity index (χ1v) is 8.83. The fraction of sp³-hybridized carbons (Fsp3) is 0.0435. The molecule has 2 N–H and O–H groups in total. The van der Waals surface area contributed by atoms with E-state index in [-0.39, 0.29) is 11.6 Å². The molecule has 6 heteroatoms. The van der Waals surface area contributed by atoms with Crippen molar-refractivity contribution in [3.8, 4) is 5.75 Å². The lowest BCUT2D eigenvalue weighted by molar-refractivity contribution is 0.104. The van der Waals surface area contributed by atoms with Gasteiger partial charge in [0, 0.05) is 16.9 Å². The van der Waals surface area contributed by atoms with Gasteiger partial charge in [-0.1, -0.05) is 18.2 Å². The smallest absolute Gasteiger partial charge is 0.323 e. The number of methoxy groups -OCH3 is 1. The lowest BCUT2D eigenvalue weighted by Gasteiger charge is -2.08. The van der Waals surface area contributed by atoms with Crippen LogP contribution >= 0.6 is 0 Å². The summed E-state index contributed by atoms with van der Waals surface area (Å²) >= 11 is 0. The highest BCUT2D eigenvalue weighted by molar-refractivity contribution is 6.07. The first-order valence-electron chi connectivity index (χ1n) is 8.83. The van der Waals surface area contributed by atoms with E-state index in [1.165, 1.54) is 18.2 Å². The first kappa shape index (κ1) is 19.8. The van der Waals surface area contributed by atoms with E-state index < -0.39 is 6.03 Å². The molecule has 0 saturated heterocycles. The third kappa shape index (κ3) is 5.77. The van der Waals surface area contributed by atoms with Crippen molar-refractivity contribution < 1.29 is 18.7 Å². The summed E-state index contributed by atoms with van der Waals surface area (Å²) in [5, 5.41) is 5.41. The van der Waals surface area contributed by atoms with Gasteiger partial charge in [0.2, 0.25) is 0 Å². The van der Waals surface area contributed by atoms with Crippen LogP contribution in [0.4, 0.5) is 20.6 Å². The molecule has 0 radical (unpaired) electrons. The Morgan fingerprint density at radius 2 is 1.38 bits per heavy atom. The molecule has 29 heavy (non-hydrogen) atoms. The van der Waals surface area contributed by atoms with Gasteiger partial charge in [0.05, 0.1) is 7.11 Å². The number of amides is 2. The topological polar surface area (TPSA) is 67.4 Å². The number of ketones is 1. The van der Waals surface area contributed by atoms with Crippen LogP contribution in [0.1, 0.15) is 15.9 Å². The Morgan fingerprint density at radius 1 is 0.828 bits per heavy atom. The molecule has 0 aliphatic heterocycles. The van der Waals surface area contributed by atoms with Crippen LogP contribution in [0, 0.1) is 5.82 Å². The predicted molar refractivity (Wildman–Crippen MR) is 112 cm³/mol. The molecule has 3 rings (SSSR count). The number of allylic oxidation sites excluding steroid dienone is 1. The molecule has 3 aromatic rings. The Balaban J connectivity index is 1.56. The van der Waals surface area contributed by atoms with Crippen LogP contribution in [0.5, 0.6) is 5.75 Å². The quantitative estimate of drug-likeness (QED) is 0.439. The minimum atomic E-state index is -0.398. The van der Waals surface area contributed by atoms with Crippen molar-refractivity contribution in [1.29, 1.82) is 0 Å². The van der Waals surface area contributed by atoms with Gasteiger partial charge in [-0.3, -0.25) is 4.79 Å². The van der Waals surface area contributed by atoms with Gasteiger partial charge >= 0.3 is 6.03 Å². The van der Waals surface area contributed by atoms with Gasteiger partial charge in [0.1, 0.15) is 11.6 Å². The number of carbonyl (C=O) groups is 2. The van der Waals surface area contributed by atoms with Crippen LogP contribution in [0.15, 0.2) is 78.9 Å². The SMILES string of the molecule is COc1ccc(NC(=O)Nc2ccc(C(=O)/C=C/c3ccc(F)cc3)cc2)cc1. The zero-order chi connectivity index (χ0) is 20.6. The highest BCUT2D eigenvalue weighted by Gasteiger charge is 2.05. The van der Waals surface area contributed by atoms with E-state index in [9.17, 15) is 14.0 Å². The highest BCUT2D eigenvalue weighted by atomic mass is 19.1. The van der Waals surface area contributed by atoms with E-state index in [1.54, 1.807) is 73.8 Å². The number of benzene rings is 3. The Kier molecular flexibility index (Phi) is 6.37. The van der Waals surface area contributed by atoms with Gasteiger partial charge in [0.15, 0.2) is 5.78 Å². The second kappa shape index (κ2) is 9.32.